The third-order valence-electron chi connectivity index (χ3n) is 4.53. The first-order valence-corrected chi connectivity index (χ1v) is 9.19. The predicted molar refractivity (Wildman–Crippen MR) is 112 cm³/mol. The first-order chi connectivity index (χ1) is 13.9. The second-order valence-corrected chi connectivity index (χ2v) is 7.06. The summed E-state index contributed by atoms with van der Waals surface area (Å²) in [7, 11) is 1.88. The van der Waals surface area contributed by atoms with E-state index in [9.17, 15) is 4.79 Å². The summed E-state index contributed by atoms with van der Waals surface area (Å²) in [5, 5.41) is 8.31. The van der Waals surface area contributed by atoms with Crippen molar-refractivity contribution in [2.24, 2.45) is 18.5 Å². The number of hydrogen-bond donors (Lipinski definition) is 4. The maximum atomic E-state index is 11.9. The molecule has 9 nitrogen and oxygen atoms in total. The van der Waals surface area contributed by atoms with Crippen LogP contribution in [0.15, 0.2) is 42.9 Å². The van der Waals surface area contributed by atoms with E-state index in [1.165, 1.54) is 6.20 Å². The maximum Gasteiger partial charge on any atom is 0.269 e. The van der Waals surface area contributed by atoms with Gasteiger partial charge in [-0.25, -0.2) is 9.97 Å². The Labute approximate surface area is 167 Å². The third kappa shape index (κ3) is 3.81. The zero-order chi connectivity index (χ0) is 20.5. The van der Waals surface area contributed by atoms with Crippen LogP contribution in [-0.2, 0) is 7.05 Å². The van der Waals surface area contributed by atoms with Gasteiger partial charge in [-0.05, 0) is 30.7 Å². The number of aromatic amines is 1. The number of nitrogens with zero attached hydrogens (tertiary/aromatic N) is 4. The molecule has 0 saturated carbocycles. The highest BCUT2D eigenvalue weighted by Gasteiger charge is 2.17. The highest BCUT2D eigenvalue weighted by atomic mass is 16.1. The number of anilines is 1. The van der Waals surface area contributed by atoms with Crippen LogP contribution < -0.4 is 16.8 Å². The normalized spacial score (nSPS) is 12.2. The van der Waals surface area contributed by atoms with E-state index in [1.54, 1.807) is 4.68 Å². The minimum Gasteiger partial charge on any atom is -0.367 e. The van der Waals surface area contributed by atoms with Crippen molar-refractivity contribution in [1.29, 1.82) is 0 Å². The summed E-state index contributed by atoms with van der Waals surface area (Å²) >= 11 is 0. The van der Waals surface area contributed by atoms with E-state index in [1.807, 2.05) is 44.6 Å². The zero-order valence-electron chi connectivity index (χ0n) is 16.2. The largest absolute Gasteiger partial charge is 0.367 e. The van der Waals surface area contributed by atoms with Gasteiger partial charge in [0.05, 0.1) is 18.1 Å². The van der Waals surface area contributed by atoms with Gasteiger partial charge >= 0.3 is 0 Å². The fourth-order valence-electron chi connectivity index (χ4n) is 3.12. The number of hydrogen-bond acceptors (Lipinski definition) is 6. The molecule has 148 valence electrons. The first-order valence-electron chi connectivity index (χ1n) is 9.19. The van der Waals surface area contributed by atoms with Crippen LogP contribution in [0.5, 0.6) is 0 Å². The Bertz CT molecular complexity index is 1190. The molecule has 1 atom stereocenters. The summed E-state index contributed by atoms with van der Waals surface area (Å²) in [5.74, 6) is -0.113. The smallest absolute Gasteiger partial charge is 0.269 e. The van der Waals surface area contributed by atoms with Crippen molar-refractivity contribution in [1.82, 2.24) is 24.7 Å². The molecule has 4 rings (SSSR count). The molecule has 0 fully saturated rings. The third-order valence-corrected chi connectivity index (χ3v) is 4.53. The van der Waals surface area contributed by atoms with Gasteiger partial charge in [0.25, 0.3) is 5.91 Å². The van der Waals surface area contributed by atoms with Crippen molar-refractivity contribution in [2.75, 3.05) is 11.9 Å². The molecule has 0 aliphatic heterocycles. The van der Waals surface area contributed by atoms with E-state index in [-0.39, 0.29) is 11.7 Å². The lowest BCUT2D eigenvalue weighted by Crippen LogP contribution is -2.26. The molecule has 4 aromatic rings. The summed E-state index contributed by atoms with van der Waals surface area (Å²) < 4.78 is 1.76. The van der Waals surface area contributed by atoms with Crippen LogP contribution in [0.4, 0.5) is 5.82 Å². The number of nitrogens with two attached hydrogens (primary N) is 2. The van der Waals surface area contributed by atoms with Crippen LogP contribution in [0.25, 0.3) is 33.4 Å². The number of carbonyl (C=O) groups excluding carboxylic acids is 1. The van der Waals surface area contributed by atoms with Crippen LogP contribution in [0.1, 0.15) is 17.4 Å². The fraction of sp³-hybridized carbons (Fsp3) is 0.200. The molecular weight excluding hydrogens is 368 g/mol. The zero-order valence-corrected chi connectivity index (χ0v) is 16.2. The van der Waals surface area contributed by atoms with Crippen molar-refractivity contribution in [3.63, 3.8) is 0 Å². The van der Waals surface area contributed by atoms with Crippen molar-refractivity contribution in [3.8, 4) is 22.5 Å². The number of primary amides is 1. The van der Waals surface area contributed by atoms with E-state index in [0.29, 0.717) is 23.8 Å². The van der Waals surface area contributed by atoms with Crippen LogP contribution in [-0.4, -0.2) is 43.2 Å². The van der Waals surface area contributed by atoms with Crippen molar-refractivity contribution < 1.29 is 4.79 Å². The number of nitrogens with one attached hydrogen (secondary N) is 2. The van der Waals surface area contributed by atoms with Gasteiger partial charge in [-0.2, -0.15) is 5.10 Å². The van der Waals surface area contributed by atoms with Gasteiger partial charge in [0.15, 0.2) is 5.69 Å². The Kier molecular flexibility index (Phi) is 4.73. The molecule has 1 aromatic carbocycles. The number of H-pyrrole nitrogens is 1. The Morgan fingerprint density at radius 2 is 2.10 bits per heavy atom. The second-order valence-electron chi connectivity index (χ2n) is 7.06. The summed E-state index contributed by atoms with van der Waals surface area (Å²) in [4.78, 5) is 23.9. The molecule has 1 amide bonds. The Balaban J connectivity index is 1.76. The predicted octanol–water partition coefficient (Wildman–Crippen LogP) is 1.88. The lowest BCUT2D eigenvalue weighted by atomic mass is 10.1. The summed E-state index contributed by atoms with van der Waals surface area (Å²) in [6, 6.07) is 7.94. The quantitative estimate of drug-likeness (QED) is 0.396. The van der Waals surface area contributed by atoms with Crippen molar-refractivity contribution in [2.45, 2.75) is 13.0 Å². The molecule has 0 aliphatic rings. The molecule has 6 N–H and O–H groups in total. The number of amides is 1. The molecular formula is C20H22N8O. The monoisotopic (exact) mass is 390 g/mol. The van der Waals surface area contributed by atoms with Crippen LogP contribution in [0.2, 0.25) is 0 Å². The van der Waals surface area contributed by atoms with Crippen molar-refractivity contribution in [3.05, 3.63) is 48.5 Å². The first kappa shape index (κ1) is 18.6. The van der Waals surface area contributed by atoms with E-state index < -0.39 is 5.91 Å². The van der Waals surface area contributed by atoms with E-state index in [4.69, 9.17) is 11.5 Å². The highest BCUT2D eigenvalue weighted by Crippen LogP contribution is 2.29. The Morgan fingerprint density at radius 1 is 1.28 bits per heavy atom. The van der Waals surface area contributed by atoms with E-state index in [2.05, 4.69) is 31.4 Å². The number of fused-ring (bicyclic) bond motifs is 1. The molecule has 0 radical (unpaired) electrons. The van der Waals surface area contributed by atoms with Gasteiger partial charge in [-0.1, -0.05) is 6.07 Å². The van der Waals surface area contributed by atoms with Gasteiger partial charge < -0.3 is 21.8 Å². The molecule has 0 bridgehead atoms. The molecule has 0 aliphatic carbocycles. The molecule has 3 aromatic heterocycles. The molecule has 0 spiro atoms. The Morgan fingerprint density at radius 3 is 2.79 bits per heavy atom. The molecule has 0 saturated heterocycles. The lowest BCUT2D eigenvalue weighted by Gasteiger charge is -2.10. The number of rotatable bonds is 6. The summed E-state index contributed by atoms with van der Waals surface area (Å²) in [5.41, 5.74) is 15.5. The standard InChI is InChI=1S/C20H22N8O/c1-11(21)7-23-17-9-24-19(20(22)29)18(27-17)16-6-13-5-12(3-4-15(13)26-16)14-8-25-28(2)10-14/h3-6,8-11,26H,7,21H2,1-2H3,(H2,22,29)(H,23,27)/t11-/m0/s1. The number of benzene rings is 1. The Hall–Kier alpha value is -3.72. The van der Waals surface area contributed by atoms with Crippen molar-refractivity contribution >= 4 is 22.6 Å². The summed E-state index contributed by atoms with van der Waals surface area (Å²) in [6.45, 7) is 2.42. The molecule has 9 heteroatoms. The average molecular weight is 390 g/mol. The highest BCUT2D eigenvalue weighted by molar-refractivity contribution is 5.98. The van der Waals surface area contributed by atoms with E-state index >= 15 is 0 Å². The van der Waals surface area contributed by atoms with Crippen LogP contribution in [0, 0.1) is 0 Å². The fourth-order valence-corrected chi connectivity index (χ4v) is 3.12. The van der Waals surface area contributed by atoms with Gasteiger partial charge in [-0.3, -0.25) is 9.48 Å². The molecule has 3 heterocycles. The van der Waals surface area contributed by atoms with Crippen LogP contribution in [0.3, 0.4) is 0 Å². The average Bonchev–Trinajstić information content (AvgIpc) is 3.31. The van der Waals surface area contributed by atoms with Gasteiger partial charge in [0.1, 0.15) is 11.5 Å². The number of aryl methyl sites for hydroxylation is 1. The van der Waals surface area contributed by atoms with Gasteiger partial charge in [0, 0.05) is 42.3 Å². The number of carbonyl (C=O) groups is 1. The minimum atomic E-state index is -0.638. The molecule has 29 heavy (non-hydrogen) atoms. The SMILES string of the molecule is C[C@H](N)CNc1cnc(C(N)=O)c(-c2cc3cc(-c4cnn(C)c4)ccc3[nH]2)n1. The van der Waals surface area contributed by atoms with Gasteiger partial charge in [0.2, 0.25) is 0 Å². The summed E-state index contributed by atoms with van der Waals surface area (Å²) in [6.07, 6.45) is 5.26. The lowest BCUT2D eigenvalue weighted by molar-refractivity contribution is 0.0996. The maximum absolute atomic E-state index is 11.9. The van der Waals surface area contributed by atoms with E-state index in [0.717, 1.165) is 22.0 Å². The minimum absolute atomic E-state index is 0.0463. The van der Waals surface area contributed by atoms with Crippen LogP contribution >= 0.6 is 0 Å². The number of aromatic nitrogens is 5. The van der Waals surface area contributed by atoms with Gasteiger partial charge in [-0.15, -0.1) is 0 Å². The second kappa shape index (κ2) is 7.36. The topological polar surface area (TPSA) is 141 Å². The molecule has 0 unspecified atom stereocenters.